The van der Waals surface area contributed by atoms with Gasteiger partial charge in [-0.2, -0.15) is 0 Å². The Balaban J connectivity index is 2.33. The van der Waals surface area contributed by atoms with Crippen molar-refractivity contribution in [2.75, 3.05) is 18.0 Å². The summed E-state index contributed by atoms with van der Waals surface area (Å²) in [6.45, 7) is 2.58. The largest absolute Gasteiger partial charge is 0.481 e. The Labute approximate surface area is 105 Å². The topological polar surface area (TPSA) is 69.6 Å². The van der Waals surface area contributed by atoms with Crippen molar-refractivity contribution in [2.24, 2.45) is 5.92 Å². The van der Waals surface area contributed by atoms with Gasteiger partial charge in [0.05, 0.1) is 5.92 Å². The number of carbonyl (C=O) groups excluding carboxylic acids is 1. The van der Waals surface area contributed by atoms with E-state index in [0.29, 0.717) is 13.0 Å². The molecule has 2 rings (SSSR count). The van der Waals surface area contributed by atoms with E-state index < -0.39 is 11.9 Å². The molecular weight excluding hydrogens is 232 g/mol. The molecule has 18 heavy (non-hydrogen) atoms. The maximum Gasteiger partial charge on any atom is 0.321 e. The van der Waals surface area contributed by atoms with Crippen LogP contribution in [0.3, 0.4) is 0 Å². The van der Waals surface area contributed by atoms with Crippen molar-refractivity contribution in [3.8, 4) is 0 Å². The number of nitrogens with zero attached hydrogens (tertiary/aromatic N) is 1. The van der Waals surface area contributed by atoms with E-state index >= 15 is 0 Å². The summed E-state index contributed by atoms with van der Waals surface area (Å²) in [7, 11) is 0. The van der Waals surface area contributed by atoms with E-state index in [0.717, 1.165) is 11.3 Å². The molecule has 96 valence electrons. The van der Waals surface area contributed by atoms with Crippen LogP contribution >= 0.6 is 0 Å². The zero-order valence-corrected chi connectivity index (χ0v) is 10.2. The van der Waals surface area contributed by atoms with Crippen molar-refractivity contribution in [1.82, 2.24) is 5.32 Å². The first-order chi connectivity index (χ1) is 8.63. The Bertz CT molecular complexity index is 473. The molecule has 0 spiro atoms. The summed E-state index contributed by atoms with van der Waals surface area (Å²) in [6, 6.07) is 7.20. The first kappa shape index (κ1) is 12.4. The van der Waals surface area contributed by atoms with E-state index in [1.807, 2.05) is 31.2 Å². The third kappa shape index (κ3) is 2.30. The van der Waals surface area contributed by atoms with Gasteiger partial charge in [0.1, 0.15) is 0 Å². The molecule has 0 saturated heterocycles. The number of hydrogen-bond acceptors (Lipinski definition) is 2. The van der Waals surface area contributed by atoms with Crippen LogP contribution in [0.4, 0.5) is 10.5 Å². The summed E-state index contributed by atoms with van der Waals surface area (Å²) in [4.78, 5) is 24.6. The molecule has 1 atom stereocenters. The summed E-state index contributed by atoms with van der Waals surface area (Å²) < 4.78 is 0. The first-order valence-corrected chi connectivity index (χ1v) is 5.99. The summed E-state index contributed by atoms with van der Waals surface area (Å²) >= 11 is 0. The van der Waals surface area contributed by atoms with Gasteiger partial charge in [-0.25, -0.2) is 4.79 Å². The lowest BCUT2D eigenvalue weighted by Crippen LogP contribution is -2.47. The number of hydrogen-bond donors (Lipinski definition) is 2. The number of carboxylic acids is 1. The van der Waals surface area contributed by atoms with Gasteiger partial charge < -0.3 is 10.4 Å². The summed E-state index contributed by atoms with van der Waals surface area (Å²) in [5, 5.41) is 11.8. The number of rotatable bonds is 2. The van der Waals surface area contributed by atoms with Crippen molar-refractivity contribution < 1.29 is 14.7 Å². The van der Waals surface area contributed by atoms with Crippen LogP contribution in [0, 0.1) is 5.92 Å². The summed E-state index contributed by atoms with van der Waals surface area (Å²) in [5.41, 5.74) is 1.71. The van der Waals surface area contributed by atoms with Crippen molar-refractivity contribution >= 4 is 17.7 Å². The lowest BCUT2D eigenvalue weighted by Gasteiger charge is -2.32. The number of aliphatic carboxylic acids is 1. The van der Waals surface area contributed by atoms with Crippen LogP contribution in [0.15, 0.2) is 24.3 Å². The molecule has 2 amide bonds. The summed E-state index contributed by atoms with van der Waals surface area (Å²) in [5.74, 6) is -1.40. The lowest BCUT2D eigenvalue weighted by atomic mass is 9.93. The molecule has 0 bridgehead atoms. The maximum atomic E-state index is 12.0. The van der Waals surface area contributed by atoms with Crippen molar-refractivity contribution in [3.05, 3.63) is 29.8 Å². The highest BCUT2D eigenvalue weighted by molar-refractivity contribution is 5.94. The van der Waals surface area contributed by atoms with E-state index in [9.17, 15) is 9.59 Å². The SMILES string of the molecule is CCNC(=O)N1CC(C(=O)O)Cc2ccccc21. The van der Waals surface area contributed by atoms with E-state index in [4.69, 9.17) is 5.11 Å². The van der Waals surface area contributed by atoms with Crippen LogP contribution in [0.25, 0.3) is 0 Å². The molecule has 1 aliphatic rings. The fourth-order valence-electron chi connectivity index (χ4n) is 2.20. The normalized spacial score (nSPS) is 18.1. The molecule has 1 heterocycles. The Morgan fingerprint density at radius 1 is 1.44 bits per heavy atom. The molecule has 1 unspecified atom stereocenters. The second kappa shape index (κ2) is 5.08. The molecule has 2 N–H and O–H groups in total. The molecule has 1 aromatic carbocycles. The summed E-state index contributed by atoms with van der Waals surface area (Å²) in [6.07, 6.45) is 0.474. The van der Waals surface area contributed by atoms with Crippen molar-refractivity contribution in [3.63, 3.8) is 0 Å². The van der Waals surface area contributed by atoms with Gasteiger partial charge in [-0.15, -0.1) is 0 Å². The highest BCUT2D eigenvalue weighted by Gasteiger charge is 2.31. The van der Waals surface area contributed by atoms with Gasteiger partial charge in [0, 0.05) is 18.8 Å². The van der Waals surface area contributed by atoms with Gasteiger partial charge in [0.15, 0.2) is 0 Å². The molecule has 0 aromatic heterocycles. The molecule has 0 radical (unpaired) electrons. The second-order valence-electron chi connectivity index (χ2n) is 4.31. The van der Waals surface area contributed by atoms with Crippen LogP contribution in [0.5, 0.6) is 0 Å². The molecule has 5 heteroatoms. The second-order valence-corrected chi connectivity index (χ2v) is 4.31. The molecule has 0 fully saturated rings. The van der Waals surface area contributed by atoms with Crippen molar-refractivity contribution in [1.29, 1.82) is 0 Å². The van der Waals surface area contributed by atoms with Gasteiger partial charge in [-0.1, -0.05) is 18.2 Å². The molecule has 0 saturated carbocycles. The zero-order chi connectivity index (χ0) is 13.1. The minimum absolute atomic E-state index is 0.220. The van der Waals surface area contributed by atoms with E-state index in [1.54, 1.807) is 0 Å². The average Bonchev–Trinajstić information content (AvgIpc) is 2.37. The third-order valence-electron chi connectivity index (χ3n) is 3.07. The molecule has 1 aromatic rings. The molecular formula is C13H16N2O3. The number of benzene rings is 1. The third-order valence-corrected chi connectivity index (χ3v) is 3.07. The van der Waals surface area contributed by atoms with Crippen LogP contribution in [0.2, 0.25) is 0 Å². The zero-order valence-electron chi connectivity index (χ0n) is 10.2. The fourth-order valence-corrected chi connectivity index (χ4v) is 2.20. The van der Waals surface area contributed by atoms with Gasteiger partial charge in [0.25, 0.3) is 0 Å². The van der Waals surface area contributed by atoms with E-state index in [1.165, 1.54) is 4.90 Å². The van der Waals surface area contributed by atoms with Crippen LogP contribution in [0.1, 0.15) is 12.5 Å². The van der Waals surface area contributed by atoms with Gasteiger partial charge in [-0.05, 0) is 25.0 Å². The highest BCUT2D eigenvalue weighted by atomic mass is 16.4. The Hall–Kier alpha value is -2.04. The van der Waals surface area contributed by atoms with Crippen LogP contribution in [-0.2, 0) is 11.2 Å². The number of para-hydroxylation sites is 1. The minimum atomic E-state index is -0.862. The fraction of sp³-hybridized carbons (Fsp3) is 0.385. The van der Waals surface area contributed by atoms with E-state index in [2.05, 4.69) is 5.32 Å². The number of carboxylic acid groups (broad SMARTS) is 1. The van der Waals surface area contributed by atoms with Crippen LogP contribution < -0.4 is 10.2 Å². The Morgan fingerprint density at radius 2 is 2.17 bits per heavy atom. The van der Waals surface area contributed by atoms with Crippen LogP contribution in [-0.4, -0.2) is 30.2 Å². The molecule has 5 nitrogen and oxygen atoms in total. The number of carbonyl (C=O) groups is 2. The molecule has 1 aliphatic heterocycles. The number of urea groups is 1. The first-order valence-electron chi connectivity index (χ1n) is 5.99. The van der Waals surface area contributed by atoms with Gasteiger partial charge in [0.2, 0.25) is 0 Å². The maximum absolute atomic E-state index is 12.0. The smallest absolute Gasteiger partial charge is 0.321 e. The number of fused-ring (bicyclic) bond motifs is 1. The van der Waals surface area contributed by atoms with Gasteiger partial charge >= 0.3 is 12.0 Å². The Morgan fingerprint density at radius 3 is 2.83 bits per heavy atom. The molecule has 0 aliphatic carbocycles. The quantitative estimate of drug-likeness (QED) is 0.832. The lowest BCUT2D eigenvalue weighted by molar-refractivity contribution is -0.141. The van der Waals surface area contributed by atoms with Gasteiger partial charge in [-0.3, -0.25) is 9.69 Å². The average molecular weight is 248 g/mol. The number of nitrogens with one attached hydrogen (secondary N) is 1. The monoisotopic (exact) mass is 248 g/mol. The minimum Gasteiger partial charge on any atom is -0.481 e. The predicted molar refractivity (Wildman–Crippen MR) is 67.7 cm³/mol. The number of anilines is 1. The standard InChI is InChI=1S/C13H16N2O3/c1-2-14-13(18)15-8-10(12(16)17)7-9-5-3-4-6-11(9)15/h3-6,10H,2,7-8H2,1H3,(H,14,18)(H,16,17). The van der Waals surface area contributed by atoms with Crippen molar-refractivity contribution in [2.45, 2.75) is 13.3 Å². The van der Waals surface area contributed by atoms with E-state index in [-0.39, 0.29) is 12.6 Å². The number of amides is 2. The predicted octanol–water partition coefficient (Wildman–Crippen LogP) is 1.48. The highest BCUT2D eigenvalue weighted by Crippen LogP contribution is 2.29. The Kier molecular flexibility index (Phi) is 3.50.